The zero-order valence-electron chi connectivity index (χ0n) is 20.7. The van der Waals surface area contributed by atoms with E-state index in [1.807, 2.05) is 24.3 Å². The normalized spacial score (nSPS) is 12.8. The fourth-order valence-corrected chi connectivity index (χ4v) is 3.03. The number of likely N-dealkylation sites (N-methyl/N-ethyl adjacent to an activating group) is 2. The lowest BCUT2D eigenvalue weighted by atomic mass is 10.0. The van der Waals surface area contributed by atoms with Crippen LogP contribution in [-0.2, 0) is 15.9 Å². The number of aliphatic hydroxyl groups is 2. The predicted octanol–water partition coefficient (Wildman–Crippen LogP) is 2.22. The first-order valence-electron chi connectivity index (χ1n) is 11.3. The third-order valence-electron chi connectivity index (χ3n) is 5.50. The quantitative estimate of drug-likeness (QED) is 0.359. The van der Waals surface area contributed by atoms with Gasteiger partial charge in [-0.1, -0.05) is 24.3 Å². The lowest BCUT2D eigenvalue weighted by molar-refractivity contribution is 0.0873. The molecule has 2 aromatic carbocycles. The van der Waals surface area contributed by atoms with E-state index in [4.69, 9.17) is 9.47 Å². The Bertz CT molecular complexity index is 843. The average molecular weight is 489 g/mol. The molecule has 10 heteroatoms. The van der Waals surface area contributed by atoms with Gasteiger partial charge in [-0.15, -0.1) is 0 Å². The van der Waals surface area contributed by atoms with Gasteiger partial charge in [-0.05, 0) is 70.0 Å². The van der Waals surface area contributed by atoms with Crippen LogP contribution in [0.3, 0.4) is 0 Å². The molecule has 0 radical (unpaired) electrons. The number of ether oxygens (including phenoxy) is 2. The monoisotopic (exact) mass is 488 g/mol. The van der Waals surface area contributed by atoms with Crippen molar-refractivity contribution in [3.05, 3.63) is 59.7 Å². The van der Waals surface area contributed by atoms with E-state index in [0.717, 1.165) is 11.1 Å². The first-order valence-corrected chi connectivity index (χ1v) is 11.3. The molecule has 35 heavy (non-hydrogen) atoms. The topological polar surface area (TPSA) is 124 Å². The standard InChI is InChI=1S/C25H36N4O6/c1-28(2)22(14-30)16-34-24(32)26-20-9-5-18(6-10-20)13-19-7-11-21(12-8-19)27-25(33)35-17-23(15-31)29(3)4/h5-12,22-23,30-31H,13-17H2,1-4H3,(H,26,32)(H,27,33). The van der Waals surface area contributed by atoms with Crippen LogP contribution in [-0.4, -0.2) is 98.9 Å². The summed E-state index contributed by atoms with van der Waals surface area (Å²) >= 11 is 0. The number of benzene rings is 2. The molecule has 0 heterocycles. The molecule has 0 saturated heterocycles. The van der Waals surface area contributed by atoms with Gasteiger partial charge in [0.25, 0.3) is 0 Å². The molecule has 4 N–H and O–H groups in total. The molecule has 0 aliphatic heterocycles. The molecule has 2 aromatic rings. The summed E-state index contributed by atoms with van der Waals surface area (Å²) in [5.74, 6) is 0. The number of rotatable bonds is 12. The number of anilines is 2. The van der Waals surface area contributed by atoms with Gasteiger partial charge in [0.1, 0.15) is 13.2 Å². The second-order valence-electron chi connectivity index (χ2n) is 8.62. The maximum absolute atomic E-state index is 12.0. The molecule has 0 aromatic heterocycles. The summed E-state index contributed by atoms with van der Waals surface area (Å²) in [6.07, 6.45) is -0.473. The smallest absolute Gasteiger partial charge is 0.411 e. The van der Waals surface area contributed by atoms with E-state index >= 15 is 0 Å². The Morgan fingerprint density at radius 2 is 1.06 bits per heavy atom. The van der Waals surface area contributed by atoms with Gasteiger partial charge < -0.3 is 29.5 Å². The number of hydrogen-bond acceptors (Lipinski definition) is 8. The minimum absolute atomic E-state index is 0.0925. The van der Waals surface area contributed by atoms with Crippen LogP contribution in [0.15, 0.2) is 48.5 Å². The molecule has 2 unspecified atom stereocenters. The minimum Gasteiger partial charge on any atom is -0.448 e. The van der Waals surface area contributed by atoms with Crippen molar-refractivity contribution in [1.29, 1.82) is 0 Å². The number of amides is 2. The Morgan fingerprint density at radius 1 is 0.714 bits per heavy atom. The Morgan fingerprint density at radius 3 is 1.34 bits per heavy atom. The van der Waals surface area contributed by atoms with Crippen LogP contribution >= 0.6 is 0 Å². The number of nitrogens with one attached hydrogen (secondary N) is 2. The largest absolute Gasteiger partial charge is 0.448 e. The summed E-state index contributed by atoms with van der Waals surface area (Å²) in [7, 11) is 7.22. The highest BCUT2D eigenvalue weighted by Crippen LogP contribution is 2.16. The van der Waals surface area contributed by atoms with Crippen molar-refractivity contribution in [1.82, 2.24) is 9.80 Å². The Hall–Kier alpha value is -3.18. The summed E-state index contributed by atoms with van der Waals surface area (Å²) in [5.41, 5.74) is 3.33. The lowest BCUT2D eigenvalue weighted by Crippen LogP contribution is -2.37. The second-order valence-corrected chi connectivity index (χ2v) is 8.62. The van der Waals surface area contributed by atoms with Crippen LogP contribution in [0.2, 0.25) is 0 Å². The third kappa shape index (κ3) is 9.91. The van der Waals surface area contributed by atoms with Crippen molar-refractivity contribution in [3.8, 4) is 0 Å². The number of carbonyl (C=O) groups excluding carboxylic acids is 2. The van der Waals surface area contributed by atoms with Gasteiger partial charge in [0, 0.05) is 11.4 Å². The van der Waals surface area contributed by atoms with Crippen LogP contribution in [0, 0.1) is 0 Å². The van der Waals surface area contributed by atoms with Gasteiger partial charge in [-0.3, -0.25) is 10.6 Å². The molecular weight excluding hydrogens is 452 g/mol. The zero-order valence-corrected chi connectivity index (χ0v) is 20.7. The Balaban J connectivity index is 1.81. The molecule has 0 fully saturated rings. The average Bonchev–Trinajstić information content (AvgIpc) is 2.82. The summed E-state index contributed by atoms with van der Waals surface area (Å²) in [4.78, 5) is 27.5. The minimum atomic E-state index is -0.576. The molecule has 0 bridgehead atoms. The van der Waals surface area contributed by atoms with Crippen LogP contribution in [0.5, 0.6) is 0 Å². The third-order valence-corrected chi connectivity index (χ3v) is 5.50. The van der Waals surface area contributed by atoms with Gasteiger partial charge in [-0.25, -0.2) is 9.59 Å². The van der Waals surface area contributed by atoms with Crippen molar-refractivity contribution in [2.75, 3.05) is 65.3 Å². The molecule has 0 aliphatic carbocycles. The molecule has 0 saturated carbocycles. The first-order chi connectivity index (χ1) is 16.7. The highest BCUT2D eigenvalue weighted by Gasteiger charge is 2.14. The molecule has 2 rings (SSSR count). The number of nitrogens with zero attached hydrogens (tertiary/aromatic N) is 2. The van der Waals surface area contributed by atoms with Gasteiger partial charge >= 0.3 is 12.2 Å². The van der Waals surface area contributed by atoms with E-state index in [0.29, 0.717) is 17.8 Å². The molecule has 2 amide bonds. The van der Waals surface area contributed by atoms with E-state index in [1.54, 1.807) is 62.3 Å². The van der Waals surface area contributed by atoms with E-state index in [2.05, 4.69) is 10.6 Å². The van der Waals surface area contributed by atoms with E-state index in [9.17, 15) is 19.8 Å². The van der Waals surface area contributed by atoms with Crippen molar-refractivity contribution in [2.24, 2.45) is 0 Å². The van der Waals surface area contributed by atoms with Gasteiger partial charge in [0.15, 0.2) is 0 Å². The highest BCUT2D eigenvalue weighted by atomic mass is 16.6. The van der Waals surface area contributed by atoms with E-state index in [1.165, 1.54) is 0 Å². The number of hydrogen-bond donors (Lipinski definition) is 4. The van der Waals surface area contributed by atoms with E-state index in [-0.39, 0.29) is 38.5 Å². The maximum atomic E-state index is 12.0. The van der Waals surface area contributed by atoms with Crippen LogP contribution in [0.4, 0.5) is 21.0 Å². The van der Waals surface area contributed by atoms with Gasteiger partial charge in [0.05, 0.1) is 25.3 Å². The van der Waals surface area contributed by atoms with Crippen molar-refractivity contribution >= 4 is 23.6 Å². The van der Waals surface area contributed by atoms with Crippen molar-refractivity contribution in [2.45, 2.75) is 18.5 Å². The number of carbonyl (C=O) groups is 2. The summed E-state index contributed by atoms with van der Waals surface area (Å²) < 4.78 is 10.3. The SMILES string of the molecule is CN(C)C(CO)COC(=O)Nc1ccc(Cc2ccc(NC(=O)OCC(CO)N(C)C)cc2)cc1. The van der Waals surface area contributed by atoms with Crippen LogP contribution in [0.25, 0.3) is 0 Å². The fourth-order valence-electron chi connectivity index (χ4n) is 3.03. The van der Waals surface area contributed by atoms with Crippen molar-refractivity contribution in [3.63, 3.8) is 0 Å². The van der Waals surface area contributed by atoms with E-state index < -0.39 is 12.2 Å². The van der Waals surface area contributed by atoms with Crippen LogP contribution in [0.1, 0.15) is 11.1 Å². The maximum Gasteiger partial charge on any atom is 0.411 e. The lowest BCUT2D eigenvalue weighted by Gasteiger charge is -2.21. The molecule has 10 nitrogen and oxygen atoms in total. The zero-order chi connectivity index (χ0) is 25.8. The Kier molecular flexibility index (Phi) is 11.4. The van der Waals surface area contributed by atoms with Crippen molar-refractivity contribution < 1.29 is 29.3 Å². The Labute approximate surface area is 206 Å². The summed E-state index contributed by atoms with van der Waals surface area (Å²) in [6.45, 7) is -0.0135. The molecule has 0 spiro atoms. The summed E-state index contributed by atoms with van der Waals surface area (Å²) in [6, 6.07) is 14.3. The first kappa shape index (κ1) is 28.1. The summed E-state index contributed by atoms with van der Waals surface area (Å²) in [5, 5.41) is 23.9. The van der Waals surface area contributed by atoms with Gasteiger partial charge in [-0.2, -0.15) is 0 Å². The number of aliphatic hydroxyl groups excluding tert-OH is 2. The molecule has 2 atom stereocenters. The molecule has 192 valence electrons. The molecule has 0 aliphatic rings. The molecular formula is C25H36N4O6. The predicted molar refractivity (Wildman–Crippen MR) is 135 cm³/mol. The highest BCUT2D eigenvalue weighted by molar-refractivity contribution is 5.85. The fraction of sp³-hybridized carbons (Fsp3) is 0.440. The van der Waals surface area contributed by atoms with Crippen LogP contribution < -0.4 is 10.6 Å². The van der Waals surface area contributed by atoms with Gasteiger partial charge in [0.2, 0.25) is 0 Å². The second kappa shape index (κ2) is 14.3.